The van der Waals surface area contributed by atoms with Gasteiger partial charge >= 0.3 is 12.1 Å². The number of methoxy groups -OCH3 is 1. The summed E-state index contributed by atoms with van der Waals surface area (Å²) in [5.41, 5.74) is 0.313. The molecule has 0 aromatic heterocycles. The molecule has 1 aliphatic carbocycles. The maximum atomic E-state index is 12.5. The topological polar surface area (TPSA) is 76.1 Å². The fraction of sp³-hybridized carbons (Fsp3) is 0.579. The van der Waals surface area contributed by atoms with Crippen molar-refractivity contribution in [3.8, 4) is 5.75 Å². The van der Waals surface area contributed by atoms with E-state index in [9.17, 15) is 27.9 Å². The van der Waals surface area contributed by atoms with E-state index in [2.05, 4.69) is 4.74 Å². The van der Waals surface area contributed by atoms with Gasteiger partial charge in [0, 0.05) is 13.1 Å². The van der Waals surface area contributed by atoms with Gasteiger partial charge in [0.15, 0.2) is 0 Å². The van der Waals surface area contributed by atoms with E-state index in [-0.39, 0.29) is 24.9 Å². The number of likely N-dealkylation sites (tertiary alicyclic amines) is 1. The highest BCUT2D eigenvalue weighted by atomic mass is 19.4. The molecule has 9 heteroatoms. The van der Waals surface area contributed by atoms with Gasteiger partial charge in [0.05, 0.1) is 18.8 Å². The van der Waals surface area contributed by atoms with Crippen LogP contribution in [0.2, 0.25) is 0 Å². The van der Waals surface area contributed by atoms with Gasteiger partial charge in [0.1, 0.15) is 18.3 Å². The number of hydrogen-bond acceptors (Lipinski definition) is 5. The quantitative estimate of drug-likeness (QED) is 0.785. The molecule has 1 aromatic rings. The summed E-state index contributed by atoms with van der Waals surface area (Å²) >= 11 is 0. The number of aliphatic hydroxyl groups is 1. The number of fused-ring (bicyclic) bond motifs is 1. The SMILES string of the molecule is COC(=O)c1cccc(O[C@@H]2C[C@@H]3CN(C(=O)CC(F)(F)F)C[C@@H]3C[C@H]2O)c1. The van der Waals surface area contributed by atoms with Crippen LogP contribution < -0.4 is 4.74 Å². The summed E-state index contributed by atoms with van der Waals surface area (Å²) in [6, 6.07) is 6.37. The van der Waals surface area contributed by atoms with E-state index in [4.69, 9.17) is 4.74 Å². The summed E-state index contributed by atoms with van der Waals surface area (Å²) in [6.07, 6.45) is -6.59. The Hall–Kier alpha value is -2.29. The predicted octanol–water partition coefficient (Wildman–Crippen LogP) is 2.40. The van der Waals surface area contributed by atoms with Crippen molar-refractivity contribution in [2.24, 2.45) is 11.8 Å². The van der Waals surface area contributed by atoms with E-state index < -0.39 is 36.7 Å². The zero-order valence-corrected chi connectivity index (χ0v) is 15.3. The monoisotopic (exact) mass is 401 g/mol. The maximum absolute atomic E-state index is 12.5. The second kappa shape index (κ2) is 7.98. The Balaban J connectivity index is 1.63. The lowest BCUT2D eigenvalue weighted by Gasteiger charge is -2.35. The fourth-order valence-electron chi connectivity index (χ4n) is 3.99. The summed E-state index contributed by atoms with van der Waals surface area (Å²) in [5.74, 6) is -1.12. The summed E-state index contributed by atoms with van der Waals surface area (Å²) < 4.78 is 47.9. The van der Waals surface area contributed by atoms with Gasteiger partial charge in [-0.05, 0) is 42.9 Å². The molecule has 1 amide bonds. The van der Waals surface area contributed by atoms with Crippen molar-refractivity contribution >= 4 is 11.9 Å². The normalized spacial score (nSPS) is 27.2. The van der Waals surface area contributed by atoms with Gasteiger partial charge in [0.2, 0.25) is 5.91 Å². The summed E-state index contributed by atoms with van der Waals surface area (Å²) in [7, 11) is 1.27. The van der Waals surface area contributed by atoms with Crippen LogP contribution in [-0.2, 0) is 9.53 Å². The van der Waals surface area contributed by atoms with E-state index >= 15 is 0 Å². The summed E-state index contributed by atoms with van der Waals surface area (Å²) in [4.78, 5) is 24.7. The lowest BCUT2D eigenvalue weighted by Crippen LogP contribution is -2.42. The molecular weight excluding hydrogens is 379 g/mol. The molecule has 2 aliphatic rings. The Morgan fingerprint density at radius 2 is 1.89 bits per heavy atom. The molecule has 1 saturated heterocycles. The molecule has 1 saturated carbocycles. The van der Waals surface area contributed by atoms with E-state index in [1.54, 1.807) is 18.2 Å². The molecule has 6 nitrogen and oxygen atoms in total. The molecule has 4 atom stereocenters. The summed E-state index contributed by atoms with van der Waals surface area (Å²) in [5, 5.41) is 10.4. The smallest absolute Gasteiger partial charge is 0.397 e. The number of alkyl halides is 3. The Labute approximate surface area is 160 Å². The van der Waals surface area contributed by atoms with E-state index in [0.717, 1.165) is 0 Å². The van der Waals surface area contributed by atoms with Crippen molar-refractivity contribution in [1.29, 1.82) is 0 Å². The standard InChI is InChI=1S/C19H22F3NO5/c1-27-18(26)11-3-2-4-14(5-11)28-16-7-13-10-23(9-12(13)6-15(16)24)17(25)8-19(20,21)22/h2-5,12-13,15-16,24H,6-10H2,1H3/t12-,13+,15+,16+/m0/s1. The molecule has 0 radical (unpaired) electrons. The molecule has 0 spiro atoms. The molecule has 0 unspecified atom stereocenters. The molecule has 2 fully saturated rings. The molecule has 0 bridgehead atoms. The van der Waals surface area contributed by atoms with Gasteiger partial charge in [-0.2, -0.15) is 13.2 Å². The number of aliphatic hydroxyl groups excluding tert-OH is 1. The minimum absolute atomic E-state index is 0.0330. The van der Waals surface area contributed by atoms with Crippen LogP contribution in [0.1, 0.15) is 29.6 Å². The van der Waals surface area contributed by atoms with Gasteiger partial charge in [-0.25, -0.2) is 4.79 Å². The number of hydrogen-bond donors (Lipinski definition) is 1. The number of nitrogens with zero attached hydrogens (tertiary/aromatic N) is 1. The van der Waals surface area contributed by atoms with Crippen molar-refractivity contribution in [1.82, 2.24) is 4.90 Å². The Kier molecular flexibility index (Phi) is 5.83. The highest BCUT2D eigenvalue weighted by molar-refractivity contribution is 5.89. The van der Waals surface area contributed by atoms with Crippen molar-refractivity contribution < 1.29 is 37.3 Å². The maximum Gasteiger partial charge on any atom is 0.397 e. The molecule has 28 heavy (non-hydrogen) atoms. The van der Waals surface area contributed by atoms with Crippen LogP contribution in [0.25, 0.3) is 0 Å². The van der Waals surface area contributed by atoms with Crippen LogP contribution in [0.3, 0.4) is 0 Å². The first kappa shape index (κ1) is 20.4. The molecule has 154 valence electrons. The third kappa shape index (κ3) is 4.76. The Morgan fingerprint density at radius 3 is 2.54 bits per heavy atom. The lowest BCUT2D eigenvalue weighted by molar-refractivity contribution is -0.160. The molecule has 1 heterocycles. The Bertz CT molecular complexity index is 739. The number of carbonyl (C=O) groups excluding carboxylic acids is 2. The van der Waals surface area contributed by atoms with Gasteiger partial charge in [-0.15, -0.1) is 0 Å². The van der Waals surface area contributed by atoms with Crippen LogP contribution >= 0.6 is 0 Å². The first-order valence-electron chi connectivity index (χ1n) is 9.04. The van der Waals surface area contributed by atoms with Crippen molar-refractivity contribution in [2.45, 2.75) is 37.6 Å². The van der Waals surface area contributed by atoms with Gasteiger partial charge in [0.25, 0.3) is 0 Å². The van der Waals surface area contributed by atoms with Crippen LogP contribution in [0.15, 0.2) is 24.3 Å². The summed E-state index contributed by atoms with van der Waals surface area (Å²) in [6.45, 7) is 0.454. The second-order valence-corrected chi connectivity index (χ2v) is 7.33. The molecule has 1 aromatic carbocycles. The largest absolute Gasteiger partial charge is 0.488 e. The predicted molar refractivity (Wildman–Crippen MR) is 91.7 cm³/mol. The van der Waals surface area contributed by atoms with E-state index in [1.807, 2.05) is 0 Å². The number of esters is 1. The van der Waals surface area contributed by atoms with Crippen LogP contribution in [0.5, 0.6) is 5.75 Å². The highest BCUT2D eigenvalue weighted by Gasteiger charge is 2.45. The zero-order chi connectivity index (χ0) is 20.5. The lowest BCUT2D eigenvalue weighted by atomic mass is 9.78. The number of rotatable bonds is 4. The average molecular weight is 401 g/mol. The van der Waals surface area contributed by atoms with Gasteiger partial charge in [-0.1, -0.05) is 6.07 Å². The van der Waals surface area contributed by atoms with E-state index in [0.29, 0.717) is 24.2 Å². The number of benzene rings is 1. The van der Waals surface area contributed by atoms with Gasteiger partial charge in [-0.3, -0.25) is 4.79 Å². The van der Waals surface area contributed by atoms with Crippen LogP contribution in [-0.4, -0.2) is 60.5 Å². The highest BCUT2D eigenvalue weighted by Crippen LogP contribution is 2.38. The molecular formula is C19H22F3NO5. The number of amides is 1. The van der Waals surface area contributed by atoms with Gasteiger partial charge < -0.3 is 19.5 Å². The van der Waals surface area contributed by atoms with Crippen LogP contribution in [0, 0.1) is 11.8 Å². The molecule has 1 N–H and O–H groups in total. The van der Waals surface area contributed by atoms with Crippen molar-refractivity contribution in [3.63, 3.8) is 0 Å². The van der Waals surface area contributed by atoms with E-state index in [1.165, 1.54) is 18.1 Å². The fourth-order valence-corrected chi connectivity index (χ4v) is 3.99. The zero-order valence-electron chi connectivity index (χ0n) is 15.3. The molecule has 1 aliphatic heterocycles. The Morgan fingerprint density at radius 1 is 1.21 bits per heavy atom. The van der Waals surface area contributed by atoms with Crippen molar-refractivity contribution in [3.05, 3.63) is 29.8 Å². The number of carbonyl (C=O) groups is 2. The third-order valence-electron chi connectivity index (χ3n) is 5.33. The van der Waals surface area contributed by atoms with Crippen molar-refractivity contribution in [2.75, 3.05) is 20.2 Å². The number of halogens is 3. The second-order valence-electron chi connectivity index (χ2n) is 7.33. The number of ether oxygens (including phenoxy) is 2. The minimum Gasteiger partial charge on any atom is -0.488 e. The minimum atomic E-state index is -4.53. The first-order chi connectivity index (χ1) is 13.2. The average Bonchev–Trinajstić information content (AvgIpc) is 3.03. The first-order valence-corrected chi connectivity index (χ1v) is 9.04. The molecule has 3 rings (SSSR count). The van der Waals surface area contributed by atoms with Crippen LogP contribution in [0.4, 0.5) is 13.2 Å². The third-order valence-corrected chi connectivity index (χ3v) is 5.33.